The number of nitrogens with two attached hydrogens (primary N) is 1. The SMILES string of the molecule is CCN1CCCC(c2cn3c(CN)cccc3n2)C1. The van der Waals surface area contributed by atoms with Crippen LogP contribution in [0.3, 0.4) is 0 Å². The second kappa shape index (κ2) is 5.31. The van der Waals surface area contributed by atoms with Gasteiger partial charge in [0.15, 0.2) is 0 Å². The zero-order valence-electron chi connectivity index (χ0n) is 11.5. The normalized spacial score (nSPS) is 21.1. The van der Waals surface area contributed by atoms with Crippen LogP contribution in [0.5, 0.6) is 0 Å². The van der Waals surface area contributed by atoms with E-state index in [4.69, 9.17) is 10.7 Å². The molecule has 0 aliphatic carbocycles. The second-order valence-electron chi connectivity index (χ2n) is 5.35. The van der Waals surface area contributed by atoms with Gasteiger partial charge in [0, 0.05) is 30.9 Å². The first-order chi connectivity index (χ1) is 9.31. The summed E-state index contributed by atoms with van der Waals surface area (Å²) >= 11 is 0. The number of aromatic nitrogens is 2. The Balaban J connectivity index is 1.92. The van der Waals surface area contributed by atoms with Gasteiger partial charge in [-0.25, -0.2) is 4.98 Å². The lowest BCUT2D eigenvalue weighted by Gasteiger charge is -2.30. The predicted octanol–water partition coefficient (Wildman–Crippen LogP) is 1.99. The maximum Gasteiger partial charge on any atom is 0.137 e. The molecule has 0 spiro atoms. The van der Waals surface area contributed by atoms with E-state index in [0.29, 0.717) is 12.5 Å². The molecule has 1 unspecified atom stereocenters. The first kappa shape index (κ1) is 12.6. The van der Waals surface area contributed by atoms with E-state index in [1.807, 2.05) is 6.07 Å². The van der Waals surface area contributed by atoms with E-state index >= 15 is 0 Å². The lowest BCUT2D eigenvalue weighted by atomic mass is 9.95. The highest BCUT2D eigenvalue weighted by molar-refractivity contribution is 5.42. The number of hydrogen-bond acceptors (Lipinski definition) is 3. The molecule has 0 amide bonds. The molecule has 1 atom stereocenters. The third kappa shape index (κ3) is 2.38. The summed E-state index contributed by atoms with van der Waals surface area (Å²) in [6, 6.07) is 6.16. The van der Waals surface area contributed by atoms with Crippen LogP contribution in [0.1, 0.15) is 37.1 Å². The molecule has 0 saturated carbocycles. The van der Waals surface area contributed by atoms with Gasteiger partial charge in [-0.2, -0.15) is 0 Å². The standard InChI is InChI=1S/C15H22N4/c1-2-18-8-4-5-12(10-18)14-11-19-13(9-16)6-3-7-15(19)17-14/h3,6-7,11-12H,2,4-5,8-10,16H2,1H3. The highest BCUT2D eigenvalue weighted by Crippen LogP contribution is 2.26. The molecule has 2 N–H and O–H groups in total. The van der Waals surface area contributed by atoms with Crippen molar-refractivity contribution < 1.29 is 0 Å². The van der Waals surface area contributed by atoms with Crippen molar-refractivity contribution in [3.63, 3.8) is 0 Å². The topological polar surface area (TPSA) is 46.6 Å². The molecule has 2 aromatic rings. The van der Waals surface area contributed by atoms with Gasteiger partial charge in [-0.05, 0) is 38.1 Å². The summed E-state index contributed by atoms with van der Waals surface area (Å²) in [7, 11) is 0. The van der Waals surface area contributed by atoms with Crippen LogP contribution in [0, 0.1) is 0 Å². The van der Waals surface area contributed by atoms with Gasteiger partial charge in [-0.15, -0.1) is 0 Å². The molecule has 3 rings (SSSR count). The number of hydrogen-bond donors (Lipinski definition) is 1. The van der Waals surface area contributed by atoms with Crippen molar-refractivity contribution in [3.05, 3.63) is 35.8 Å². The molecule has 0 bridgehead atoms. The van der Waals surface area contributed by atoms with E-state index in [-0.39, 0.29) is 0 Å². The van der Waals surface area contributed by atoms with E-state index in [9.17, 15) is 0 Å². The first-order valence-electron chi connectivity index (χ1n) is 7.21. The molecule has 0 aromatic carbocycles. The molecule has 1 saturated heterocycles. The largest absolute Gasteiger partial charge is 0.325 e. The van der Waals surface area contributed by atoms with Gasteiger partial charge in [0.25, 0.3) is 0 Å². The van der Waals surface area contributed by atoms with Crippen molar-refractivity contribution in [3.8, 4) is 0 Å². The molecule has 4 heteroatoms. The number of piperidine rings is 1. The zero-order chi connectivity index (χ0) is 13.2. The average molecular weight is 258 g/mol. The van der Waals surface area contributed by atoms with Gasteiger partial charge in [0.1, 0.15) is 5.65 Å². The Morgan fingerprint density at radius 2 is 2.32 bits per heavy atom. The van der Waals surface area contributed by atoms with Crippen LogP contribution in [0.15, 0.2) is 24.4 Å². The maximum absolute atomic E-state index is 5.79. The summed E-state index contributed by atoms with van der Waals surface area (Å²) in [6.45, 7) is 6.29. The second-order valence-corrected chi connectivity index (χ2v) is 5.35. The molecule has 19 heavy (non-hydrogen) atoms. The molecule has 1 aliphatic heterocycles. The lowest BCUT2D eigenvalue weighted by Crippen LogP contribution is -2.34. The summed E-state index contributed by atoms with van der Waals surface area (Å²) in [6.07, 6.45) is 4.70. The van der Waals surface area contributed by atoms with E-state index in [2.05, 4.69) is 34.6 Å². The highest BCUT2D eigenvalue weighted by Gasteiger charge is 2.22. The van der Waals surface area contributed by atoms with Crippen molar-refractivity contribution in [2.45, 2.75) is 32.2 Å². The van der Waals surface area contributed by atoms with Crippen LogP contribution in [0.2, 0.25) is 0 Å². The summed E-state index contributed by atoms with van der Waals surface area (Å²) in [4.78, 5) is 7.31. The molecule has 4 nitrogen and oxygen atoms in total. The molecular formula is C15H22N4. The highest BCUT2D eigenvalue weighted by atomic mass is 15.1. The summed E-state index contributed by atoms with van der Waals surface area (Å²) in [5.41, 5.74) is 9.16. The van der Waals surface area contributed by atoms with Gasteiger partial charge in [-0.1, -0.05) is 13.0 Å². The Hall–Kier alpha value is -1.39. The minimum Gasteiger partial charge on any atom is -0.325 e. The number of pyridine rings is 1. The van der Waals surface area contributed by atoms with Gasteiger partial charge < -0.3 is 15.0 Å². The van der Waals surface area contributed by atoms with Gasteiger partial charge >= 0.3 is 0 Å². The summed E-state index contributed by atoms with van der Waals surface area (Å²) in [5.74, 6) is 0.569. The van der Waals surface area contributed by atoms with E-state index in [0.717, 1.165) is 24.4 Å². The van der Waals surface area contributed by atoms with Crippen LogP contribution in [-0.2, 0) is 6.54 Å². The molecule has 1 fully saturated rings. The van der Waals surface area contributed by atoms with Crippen LogP contribution >= 0.6 is 0 Å². The Labute approximate surface area is 114 Å². The molecule has 0 radical (unpaired) electrons. The quantitative estimate of drug-likeness (QED) is 0.916. The van der Waals surface area contributed by atoms with E-state index < -0.39 is 0 Å². The van der Waals surface area contributed by atoms with E-state index in [1.54, 1.807) is 0 Å². The minimum absolute atomic E-state index is 0.554. The van der Waals surface area contributed by atoms with Gasteiger partial charge in [-0.3, -0.25) is 0 Å². The fourth-order valence-corrected chi connectivity index (χ4v) is 3.03. The van der Waals surface area contributed by atoms with Crippen LogP contribution in [0.4, 0.5) is 0 Å². The van der Waals surface area contributed by atoms with Crippen molar-refractivity contribution >= 4 is 5.65 Å². The first-order valence-corrected chi connectivity index (χ1v) is 7.21. The van der Waals surface area contributed by atoms with Crippen molar-refractivity contribution in [1.82, 2.24) is 14.3 Å². The number of rotatable bonds is 3. The lowest BCUT2D eigenvalue weighted by molar-refractivity contribution is 0.216. The molecule has 2 aromatic heterocycles. The smallest absolute Gasteiger partial charge is 0.137 e. The van der Waals surface area contributed by atoms with Crippen LogP contribution in [-0.4, -0.2) is 33.9 Å². The number of likely N-dealkylation sites (tertiary alicyclic amines) is 1. The average Bonchev–Trinajstić information content (AvgIpc) is 2.91. The fourth-order valence-electron chi connectivity index (χ4n) is 3.03. The number of nitrogens with zero attached hydrogens (tertiary/aromatic N) is 3. The van der Waals surface area contributed by atoms with Gasteiger partial charge in [0.2, 0.25) is 0 Å². The number of fused-ring (bicyclic) bond motifs is 1. The Morgan fingerprint density at radius 3 is 3.11 bits per heavy atom. The Morgan fingerprint density at radius 1 is 1.42 bits per heavy atom. The van der Waals surface area contributed by atoms with Crippen molar-refractivity contribution in [2.24, 2.45) is 5.73 Å². The number of likely N-dealkylation sites (N-methyl/N-ethyl adjacent to an activating group) is 1. The molecule has 102 valence electrons. The Bertz CT molecular complexity index is 560. The maximum atomic E-state index is 5.79. The third-order valence-electron chi connectivity index (χ3n) is 4.18. The molecular weight excluding hydrogens is 236 g/mol. The van der Waals surface area contributed by atoms with Crippen molar-refractivity contribution in [2.75, 3.05) is 19.6 Å². The Kier molecular flexibility index (Phi) is 3.53. The molecule has 3 heterocycles. The van der Waals surface area contributed by atoms with E-state index in [1.165, 1.54) is 25.1 Å². The summed E-state index contributed by atoms with van der Waals surface area (Å²) < 4.78 is 2.14. The number of imidazole rings is 1. The fraction of sp³-hybridized carbons (Fsp3) is 0.533. The third-order valence-corrected chi connectivity index (χ3v) is 4.18. The monoisotopic (exact) mass is 258 g/mol. The van der Waals surface area contributed by atoms with Crippen LogP contribution < -0.4 is 5.73 Å². The molecule has 1 aliphatic rings. The van der Waals surface area contributed by atoms with Crippen molar-refractivity contribution in [1.29, 1.82) is 0 Å². The van der Waals surface area contributed by atoms with Gasteiger partial charge in [0.05, 0.1) is 5.69 Å². The predicted molar refractivity (Wildman–Crippen MR) is 77.2 cm³/mol. The minimum atomic E-state index is 0.554. The summed E-state index contributed by atoms with van der Waals surface area (Å²) in [5, 5.41) is 0. The zero-order valence-corrected chi connectivity index (χ0v) is 11.5. The van der Waals surface area contributed by atoms with Crippen LogP contribution in [0.25, 0.3) is 5.65 Å².